The zero-order valence-corrected chi connectivity index (χ0v) is 14.4. The van der Waals surface area contributed by atoms with Gasteiger partial charge in [-0.1, -0.05) is 53.8 Å². The van der Waals surface area contributed by atoms with Gasteiger partial charge in [-0.2, -0.15) is 0 Å². The van der Waals surface area contributed by atoms with E-state index in [4.69, 9.17) is 17.3 Å². The van der Waals surface area contributed by atoms with E-state index < -0.39 is 23.9 Å². The van der Waals surface area contributed by atoms with Crippen LogP contribution in [0.25, 0.3) is 6.08 Å². The lowest BCUT2D eigenvalue weighted by Crippen LogP contribution is -2.44. The van der Waals surface area contributed by atoms with Crippen molar-refractivity contribution < 1.29 is 24.6 Å². The highest BCUT2D eigenvalue weighted by Crippen LogP contribution is 2.34. The molecule has 1 atom stereocenters. The van der Waals surface area contributed by atoms with Crippen molar-refractivity contribution in [1.29, 1.82) is 0 Å². The quantitative estimate of drug-likeness (QED) is 0.591. The molecule has 8 heteroatoms. The van der Waals surface area contributed by atoms with Gasteiger partial charge >= 0.3 is 11.9 Å². The number of hydrogen-bond acceptors (Lipinski definition) is 5. The monoisotopic (exact) mass is 365 g/mol. The third-order valence-electron chi connectivity index (χ3n) is 3.43. The maximum Gasteiger partial charge on any atom is 0.326 e. The normalized spacial score (nSPS) is 17.4. The first-order chi connectivity index (χ1) is 11.3. The molecule has 1 aromatic rings. The number of carboxylic acids is 2. The van der Waals surface area contributed by atoms with Gasteiger partial charge in [0.1, 0.15) is 10.4 Å². The van der Waals surface area contributed by atoms with Crippen molar-refractivity contribution in [2.45, 2.75) is 25.8 Å². The number of aliphatic carboxylic acids is 2. The maximum atomic E-state index is 12.5. The highest BCUT2D eigenvalue weighted by Gasteiger charge is 2.40. The van der Waals surface area contributed by atoms with E-state index in [1.807, 2.05) is 31.2 Å². The molecule has 0 bridgehead atoms. The van der Waals surface area contributed by atoms with Gasteiger partial charge in [-0.25, -0.2) is 4.79 Å². The zero-order chi connectivity index (χ0) is 17.9. The summed E-state index contributed by atoms with van der Waals surface area (Å²) >= 11 is 6.14. The molecule has 0 spiro atoms. The molecule has 24 heavy (non-hydrogen) atoms. The fourth-order valence-corrected chi connectivity index (χ4v) is 3.54. The van der Waals surface area contributed by atoms with E-state index in [0.717, 1.165) is 27.8 Å². The number of benzene rings is 1. The first-order valence-electron chi connectivity index (χ1n) is 7.08. The molecule has 1 saturated heterocycles. The van der Waals surface area contributed by atoms with Crippen LogP contribution in [-0.4, -0.2) is 43.3 Å². The number of amides is 1. The summed E-state index contributed by atoms with van der Waals surface area (Å²) in [6.45, 7) is 1.95. The molecular formula is C16H15NO5S2. The molecule has 0 saturated carbocycles. The van der Waals surface area contributed by atoms with Crippen LogP contribution < -0.4 is 0 Å². The Kier molecular flexibility index (Phi) is 5.74. The van der Waals surface area contributed by atoms with Crippen molar-refractivity contribution in [3.63, 3.8) is 0 Å². The molecule has 2 N–H and O–H groups in total. The van der Waals surface area contributed by atoms with Gasteiger partial charge in [0, 0.05) is 6.42 Å². The van der Waals surface area contributed by atoms with Gasteiger partial charge in [0.25, 0.3) is 5.91 Å². The number of rotatable bonds is 6. The predicted molar refractivity (Wildman–Crippen MR) is 94.5 cm³/mol. The molecule has 2 rings (SSSR count). The Morgan fingerprint density at radius 1 is 1.29 bits per heavy atom. The summed E-state index contributed by atoms with van der Waals surface area (Å²) in [4.78, 5) is 35.9. The van der Waals surface area contributed by atoms with Crippen LogP contribution in [0, 0.1) is 6.92 Å². The lowest BCUT2D eigenvalue weighted by molar-refractivity contribution is -0.146. The molecule has 1 aliphatic heterocycles. The minimum atomic E-state index is -1.28. The van der Waals surface area contributed by atoms with E-state index in [0.29, 0.717) is 4.91 Å². The van der Waals surface area contributed by atoms with Crippen molar-refractivity contribution in [2.24, 2.45) is 0 Å². The average molecular weight is 365 g/mol. The van der Waals surface area contributed by atoms with Gasteiger partial charge in [0.15, 0.2) is 0 Å². The molecule has 1 fully saturated rings. The molecule has 1 heterocycles. The van der Waals surface area contributed by atoms with Crippen LogP contribution in [0.4, 0.5) is 0 Å². The fraction of sp³-hybridized carbons (Fsp3) is 0.250. The van der Waals surface area contributed by atoms with E-state index in [9.17, 15) is 19.5 Å². The Morgan fingerprint density at radius 3 is 2.46 bits per heavy atom. The Balaban J connectivity index is 2.24. The molecule has 126 valence electrons. The van der Waals surface area contributed by atoms with Gasteiger partial charge in [0.2, 0.25) is 0 Å². The molecule has 1 aromatic carbocycles. The molecular weight excluding hydrogens is 350 g/mol. The van der Waals surface area contributed by atoms with Crippen LogP contribution in [0.15, 0.2) is 29.2 Å². The Morgan fingerprint density at radius 2 is 1.92 bits per heavy atom. The van der Waals surface area contributed by atoms with Gasteiger partial charge in [-0.15, -0.1) is 0 Å². The van der Waals surface area contributed by atoms with Gasteiger partial charge in [0.05, 0.1) is 4.91 Å². The van der Waals surface area contributed by atoms with Crippen molar-refractivity contribution in [3.8, 4) is 0 Å². The number of carbonyl (C=O) groups excluding carboxylic acids is 1. The summed E-state index contributed by atoms with van der Waals surface area (Å²) in [5.74, 6) is -2.91. The summed E-state index contributed by atoms with van der Waals surface area (Å²) < 4.78 is 0.121. The molecule has 6 nitrogen and oxygen atoms in total. The summed E-state index contributed by atoms with van der Waals surface area (Å²) in [6.07, 6.45) is 1.09. The van der Waals surface area contributed by atoms with Crippen LogP contribution in [0.5, 0.6) is 0 Å². The highest BCUT2D eigenvalue weighted by molar-refractivity contribution is 8.26. The fourth-order valence-electron chi connectivity index (χ4n) is 2.19. The smallest absolute Gasteiger partial charge is 0.326 e. The van der Waals surface area contributed by atoms with Crippen LogP contribution >= 0.6 is 24.0 Å². The third-order valence-corrected chi connectivity index (χ3v) is 4.76. The van der Waals surface area contributed by atoms with Crippen molar-refractivity contribution in [1.82, 2.24) is 4.90 Å². The third kappa shape index (κ3) is 4.21. The number of nitrogens with zero attached hydrogens (tertiary/aromatic N) is 1. The first kappa shape index (κ1) is 18.2. The number of thioether (sulfide) groups is 1. The minimum absolute atomic E-state index is 0.121. The number of carboxylic acid groups (broad SMARTS) is 2. The van der Waals surface area contributed by atoms with Gasteiger partial charge in [-0.05, 0) is 25.0 Å². The summed E-state index contributed by atoms with van der Waals surface area (Å²) in [6, 6.07) is 6.22. The van der Waals surface area contributed by atoms with Crippen molar-refractivity contribution >= 4 is 52.2 Å². The molecule has 0 unspecified atom stereocenters. The molecule has 1 amide bonds. The Labute approximate surface area is 148 Å². The standard InChI is InChI=1S/C16H15NO5S2/c1-9-2-4-10(5-3-9)8-12-14(20)17(16(23)24-12)11(15(21)22)6-7-13(18)19/h2-5,8,11H,6-7H2,1H3,(H,18,19)(H,21,22)/b12-8-/t11-/m1/s1. The Hall–Kier alpha value is -2.19. The van der Waals surface area contributed by atoms with E-state index >= 15 is 0 Å². The summed E-state index contributed by atoms with van der Waals surface area (Å²) in [5.41, 5.74) is 1.89. The Bertz CT molecular complexity index is 726. The van der Waals surface area contributed by atoms with Crippen LogP contribution in [-0.2, 0) is 14.4 Å². The molecule has 0 aromatic heterocycles. The number of carbonyl (C=O) groups is 3. The molecule has 0 aliphatic carbocycles. The second kappa shape index (κ2) is 7.59. The van der Waals surface area contributed by atoms with E-state index in [-0.39, 0.29) is 17.2 Å². The van der Waals surface area contributed by atoms with Crippen molar-refractivity contribution in [3.05, 3.63) is 40.3 Å². The second-order valence-electron chi connectivity index (χ2n) is 5.25. The van der Waals surface area contributed by atoms with Crippen LogP contribution in [0.1, 0.15) is 24.0 Å². The van der Waals surface area contributed by atoms with Crippen LogP contribution in [0.2, 0.25) is 0 Å². The lowest BCUT2D eigenvalue weighted by Gasteiger charge is -2.22. The first-order valence-corrected chi connectivity index (χ1v) is 8.30. The highest BCUT2D eigenvalue weighted by atomic mass is 32.2. The largest absolute Gasteiger partial charge is 0.481 e. The minimum Gasteiger partial charge on any atom is -0.481 e. The zero-order valence-electron chi connectivity index (χ0n) is 12.8. The summed E-state index contributed by atoms with van der Waals surface area (Å²) in [7, 11) is 0. The lowest BCUT2D eigenvalue weighted by atomic mass is 10.1. The van der Waals surface area contributed by atoms with Crippen LogP contribution in [0.3, 0.4) is 0 Å². The van der Waals surface area contributed by atoms with Gasteiger partial charge in [-0.3, -0.25) is 14.5 Å². The maximum absolute atomic E-state index is 12.5. The summed E-state index contributed by atoms with van der Waals surface area (Å²) in [5, 5.41) is 18.1. The van der Waals surface area contributed by atoms with E-state index in [2.05, 4.69) is 0 Å². The van der Waals surface area contributed by atoms with E-state index in [1.165, 1.54) is 0 Å². The number of aryl methyl sites for hydroxylation is 1. The SMILES string of the molecule is Cc1ccc(/C=C2\SC(=S)N([C@H](CCC(=O)O)C(=O)O)C2=O)cc1. The number of thiocarbonyl (C=S) groups is 1. The van der Waals surface area contributed by atoms with E-state index in [1.54, 1.807) is 6.08 Å². The topological polar surface area (TPSA) is 94.9 Å². The molecule has 0 radical (unpaired) electrons. The van der Waals surface area contributed by atoms with Crippen molar-refractivity contribution in [2.75, 3.05) is 0 Å². The second-order valence-corrected chi connectivity index (χ2v) is 6.92. The van der Waals surface area contributed by atoms with Gasteiger partial charge < -0.3 is 10.2 Å². The predicted octanol–water partition coefficient (Wildman–Crippen LogP) is 2.51. The average Bonchev–Trinajstić information content (AvgIpc) is 2.77. The molecule has 1 aliphatic rings. The number of hydrogen-bond donors (Lipinski definition) is 2.